The molecule has 2 aromatic rings. The first-order valence-corrected chi connectivity index (χ1v) is 9.03. The molecule has 1 aliphatic rings. The number of piperazine rings is 1. The molecule has 1 fully saturated rings. The quantitative estimate of drug-likeness (QED) is 0.730. The summed E-state index contributed by atoms with van der Waals surface area (Å²) in [5.41, 5.74) is 2.09. The molecule has 0 spiro atoms. The van der Waals surface area contributed by atoms with E-state index in [0.717, 1.165) is 30.8 Å². The van der Waals surface area contributed by atoms with Crippen molar-refractivity contribution in [2.24, 2.45) is 0 Å². The monoisotopic (exact) mass is 406 g/mol. The molecule has 8 heteroatoms. The number of nitrogens with zero attached hydrogens (tertiary/aromatic N) is 2. The maximum absolute atomic E-state index is 12.5. The van der Waals surface area contributed by atoms with Gasteiger partial charge in [-0.1, -0.05) is 12.1 Å². The fraction of sp³-hybridized carbons (Fsp3) is 0.400. The Morgan fingerprint density at radius 3 is 2.82 bits per heavy atom. The number of carbonyl (C=O) groups is 1. The summed E-state index contributed by atoms with van der Waals surface area (Å²) in [4.78, 5) is 18.9. The highest BCUT2D eigenvalue weighted by Gasteiger charge is 2.25. The molecule has 0 aliphatic carbocycles. The molecular formula is C20H27ClN4O3. The Morgan fingerprint density at radius 1 is 1.29 bits per heavy atom. The third-order valence-corrected chi connectivity index (χ3v) is 4.71. The van der Waals surface area contributed by atoms with Gasteiger partial charge in [-0.2, -0.15) is 0 Å². The minimum atomic E-state index is 0. The van der Waals surface area contributed by atoms with Crippen molar-refractivity contribution in [2.45, 2.75) is 12.6 Å². The molecule has 7 nitrogen and oxygen atoms in total. The normalized spacial score (nSPS) is 16.7. The van der Waals surface area contributed by atoms with Crippen LogP contribution in [0.1, 0.15) is 17.2 Å². The van der Waals surface area contributed by atoms with E-state index in [1.807, 2.05) is 30.5 Å². The van der Waals surface area contributed by atoms with Crippen molar-refractivity contribution >= 4 is 18.3 Å². The number of hydrogen-bond acceptors (Lipinski definition) is 6. The number of rotatable bonds is 7. The van der Waals surface area contributed by atoms with Crippen LogP contribution < -0.4 is 20.1 Å². The fourth-order valence-electron chi connectivity index (χ4n) is 3.27. The largest absolute Gasteiger partial charge is 0.493 e. The van der Waals surface area contributed by atoms with Crippen LogP contribution >= 0.6 is 12.4 Å². The van der Waals surface area contributed by atoms with E-state index in [0.29, 0.717) is 24.6 Å². The molecule has 1 aromatic heterocycles. The second-order valence-corrected chi connectivity index (χ2v) is 6.44. The van der Waals surface area contributed by atoms with Gasteiger partial charge in [0.05, 0.1) is 20.8 Å². The molecule has 2 N–H and O–H groups in total. The summed E-state index contributed by atoms with van der Waals surface area (Å²) in [5.74, 6) is 1.33. The lowest BCUT2D eigenvalue weighted by molar-refractivity contribution is -0.123. The van der Waals surface area contributed by atoms with Gasteiger partial charge in [-0.25, -0.2) is 0 Å². The van der Waals surface area contributed by atoms with Crippen LogP contribution in [-0.2, 0) is 11.3 Å². The van der Waals surface area contributed by atoms with Gasteiger partial charge in [0, 0.05) is 44.6 Å². The van der Waals surface area contributed by atoms with Crippen molar-refractivity contribution in [3.63, 3.8) is 0 Å². The van der Waals surface area contributed by atoms with E-state index in [2.05, 4.69) is 26.6 Å². The van der Waals surface area contributed by atoms with Crippen LogP contribution in [-0.4, -0.2) is 56.2 Å². The Kier molecular flexibility index (Phi) is 8.50. The number of hydrogen-bond donors (Lipinski definition) is 2. The lowest BCUT2D eigenvalue weighted by Gasteiger charge is -2.35. The molecule has 1 amide bonds. The van der Waals surface area contributed by atoms with Crippen LogP contribution in [0.15, 0.2) is 42.7 Å². The molecule has 2 heterocycles. The molecule has 1 saturated heterocycles. The summed E-state index contributed by atoms with van der Waals surface area (Å²) in [6.07, 6.45) is 3.63. The Labute approximate surface area is 171 Å². The first-order chi connectivity index (χ1) is 13.2. The van der Waals surface area contributed by atoms with Crippen LogP contribution in [0.3, 0.4) is 0 Å². The molecule has 1 aromatic carbocycles. The molecule has 0 radical (unpaired) electrons. The van der Waals surface area contributed by atoms with Crippen molar-refractivity contribution in [1.29, 1.82) is 0 Å². The molecule has 0 saturated carbocycles. The van der Waals surface area contributed by atoms with Gasteiger partial charge in [-0.05, 0) is 29.3 Å². The van der Waals surface area contributed by atoms with E-state index in [1.165, 1.54) is 0 Å². The van der Waals surface area contributed by atoms with E-state index in [9.17, 15) is 4.79 Å². The molecule has 28 heavy (non-hydrogen) atoms. The Bertz CT molecular complexity index is 760. The van der Waals surface area contributed by atoms with Crippen LogP contribution in [0.25, 0.3) is 0 Å². The van der Waals surface area contributed by atoms with Crippen LogP contribution in [0.2, 0.25) is 0 Å². The Morgan fingerprint density at radius 2 is 2.11 bits per heavy atom. The van der Waals surface area contributed by atoms with Gasteiger partial charge in [0.1, 0.15) is 0 Å². The number of pyridine rings is 1. The number of halogens is 1. The standard InChI is InChI=1S/C20H26N4O3.ClH/c1-26-18-6-5-15(10-19(18)27-2)11-23-20(25)14-24-9-8-22-13-17(24)16-4-3-7-21-12-16;/h3-7,10,12,17,22H,8-9,11,13-14H2,1-2H3,(H,23,25);1H. The lowest BCUT2D eigenvalue weighted by Crippen LogP contribution is -2.49. The van der Waals surface area contributed by atoms with Gasteiger partial charge in [-0.15, -0.1) is 12.4 Å². The molecule has 1 aliphatic heterocycles. The SMILES string of the molecule is COc1ccc(CNC(=O)CN2CCNCC2c2cccnc2)cc1OC.Cl. The van der Waals surface area contributed by atoms with E-state index in [-0.39, 0.29) is 24.4 Å². The predicted octanol–water partition coefficient (Wildman–Crippen LogP) is 1.78. The summed E-state index contributed by atoms with van der Waals surface area (Å²) in [5, 5.41) is 6.39. The number of carbonyl (C=O) groups excluding carboxylic acids is 1. The van der Waals surface area contributed by atoms with Gasteiger partial charge < -0.3 is 20.1 Å². The lowest BCUT2D eigenvalue weighted by atomic mass is 10.1. The summed E-state index contributed by atoms with van der Waals surface area (Å²) in [6.45, 7) is 3.31. The average Bonchev–Trinajstić information content (AvgIpc) is 2.73. The Balaban J connectivity index is 0.00000280. The predicted molar refractivity (Wildman–Crippen MR) is 110 cm³/mol. The highest BCUT2D eigenvalue weighted by atomic mass is 35.5. The second-order valence-electron chi connectivity index (χ2n) is 6.44. The van der Waals surface area contributed by atoms with Gasteiger partial charge in [-0.3, -0.25) is 14.7 Å². The van der Waals surface area contributed by atoms with Crippen molar-refractivity contribution in [3.8, 4) is 11.5 Å². The zero-order chi connectivity index (χ0) is 19.1. The van der Waals surface area contributed by atoms with Crippen molar-refractivity contribution < 1.29 is 14.3 Å². The molecule has 152 valence electrons. The third-order valence-electron chi connectivity index (χ3n) is 4.71. The third kappa shape index (κ3) is 5.58. The second kappa shape index (κ2) is 10.8. The molecule has 3 rings (SSSR count). The first kappa shape index (κ1) is 21.9. The van der Waals surface area contributed by atoms with E-state index in [1.54, 1.807) is 20.4 Å². The number of amides is 1. The van der Waals surface area contributed by atoms with Crippen molar-refractivity contribution in [2.75, 3.05) is 40.4 Å². The van der Waals surface area contributed by atoms with E-state index in [4.69, 9.17) is 9.47 Å². The summed E-state index contributed by atoms with van der Waals surface area (Å²) in [7, 11) is 3.20. The molecular weight excluding hydrogens is 380 g/mol. The number of ether oxygens (including phenoxy) is 2. The number of methoxy groups -OCH3 is 2. The van der Waals surface area contributed by atoms with Crippen LogP contribution in [0.5, 0.6) is 11.5 Å². The number of benzene rings is 1. The smallest absolute Gasteiger partial charge is 0.234 e. The number of aromatic nitrogens is 1. The Hall–Kier alpha value is -2.35. The fourth-order valence-corrected chi connectivity index (χ4v) is 3.27. The molecule has 0 bridgehead atoms. The van der Waals surface area contributed by atoms with E-state index >= 15 is 0 Å². The molecule has 1 atom stereocenters. The number of nitrogens with one attached hydrogen (secondary N) is 2. The zero-order valence-electron chi connectivity index (χ0n) is 16.2. The first-order valence-electron chi connectivity index (χ1n) is 9.03. The zero-order valence-corrected chi connectivity index (χ0v) is 17.0. The highest BCUT2D eigenvalue weighted by Crippen LogP contribution is 2.27. The van der Waals surface area contributed by atoms with Gasteiger partial charge >= 0.3 is 0 Å². The summed E-state index contributed by atoms with van der Waals surface area (Å²) >= 11 is 0. The molecule has 1 unspecified atom stereocenters. The maximum Gasteiger partial charge on any atom is 0.234 e. The topological polar surface area (TPSA) is 75.7 Å². The van der Waals surface area contributed by atoms with Crippen LogP contribution in [0, 0.1) is 0 Å². The van der Waals surface area contributed by atoms with E-state index < -0.39 is 0 Å². The summed E-state index contributed by atoms with van der Waals surface area (Å²) < 4.78 is 10.6. The highest BCUT2D eigenvalue weighted by molar-refractivity contribution is 5.85. The van der Waals surface area contributed by atoms with Crippen molar-refractivity contribution in [1.82, 2.24) is 20.5 Å². The maximum atomic E-state index is 12.5. The minimum Gasteiger partial charge on any atom is -0.493 e. The van der Waals surface area contributed by atoms with Crippen molar-refractivity contribution in [3.05, 3.63) is 53.9 Å². The van der Waals surface area contributed by atoms with Gasteiger partial charge in [0.2, 0.25) is 5.91 Å². The van der Waals surface area contributed by atoms with Gasteiger partial charge in [0.15, 0.2) is 11.5 Å². The minimum absolute atomic E-state index is 0. The summed E-state index contributed by atoms with van der Waals surface area (Å²) in [6, 6.07) is 9.78. The average molecular weight is 407 g/mol. The van der Waals surface area contributed by atoms with Crippen LogP contribution in [0.4, 0.5) is 0 Å². The van der Waals surface area contributed by atoms with Gasteiger partial charge in [0.25, 0.3) is 0 Å².